The molecular formula is C20H19NO5. The van der Waals surface area contributed by atoms with Crippen LogP contribution in [0, 0.1) is 0 Å². The van der Waals surface area contributed by atoms with Gasteiger partial charge in [-0.1, -0.05) is 12.1 Å². The van der Waals surface area contributed by atoms with Gasteiger partial charge in [0.05, 0.1) is 24.3 Å². The lowest BCUT2D eigenvalue weighted by atomic mass is 10.0. The normalized spacial score (nSPS) is 10.9. The molecule has 0 amide bonds. The lowest BCUT2D eigenvalue weighted by Gasteiger charge is -2.15. The third-order valence-electron chi connectivity index (χ3n) is 3.92. The zero-order chi connectivity index (χ0) is 18.8. The van der Waals surface area contributed by atoms with Gasteiger partial charge in [-0.05, 0) is 44.2 Å². The summed E-state index contributed by atoms with van der Waals surface area (Å²) >= 11 is 0. The zero-order valence-electron chi connectivity index (χ0n) is 14.7. The highest BCUT2D eigenvalue weighted by atomic mass is 16.5. The molecule has 3 rings (SSSR count). The van der Waals surface area contributed by atoms with Gasteiger partial charge in [0.15, 0.2) is 0 Å². The molecule has 1 aromatic heterocycles. The van der Waals surface area contributed by atoms with E-state index < -0.39 is 11.3 Å². The van der Waals surface area contributed by atoms with Gasteiger partial charge in [0.1, 0.15) is 22.8 Å². The van der Waals surface area contributed by atoms with E-state index in [-0.39, 0.29) is 23.0 Å². The number of nitrogens with one attached hydrogen (secondary N) is 1. The molecule has 0 fully saturated rings. The second-order valence-corrected chi connectivity index (χ2v) is 6.08. The predicted octanol–water partition coefficient (Wildman–Crippen LogP) is 3.26. The molecule has 26 heavy (non-hydrogen) atoms. The molecule has 0 radical (unpaired) electrons. The number of aromatic amines is 1. The molecule has 0 saturated carbocycles. The summed E-state index contributed by atoms with van der Waals surface area (Å²) in [4.78, 5) is 28.2. The van der Waals surface area contributed by atoms with Crippen LogP contribution in [0.4, 0.5) is 0 Å². The van der Waals surface area contributed by atoms with Crippen LogP contribution < -0.4 is 15.0 Å². The minimum absolute atomic E-state index is 0.147. The summed E-state index contributed by atoms with van der Waals surface area (Å²) in [5.41, 5.74) is -0.389. The highest BCUT2D eigenvalue weighted by molar-refractivity contribution is 6.14. The molecule has 0 aliphatic heterocycles. The van der Waals surface area contributed by atoms with E-state index in [9.17, 15) is 14.7 Å². The van der Waals surface area contributed by atoms with Crippen LogP contribution in [-0.4, -0.2) is 29.1 Å². The Morgan fingerprint density at radius 3 is 2.58 bits per heavy atom. The van der Waals surface area contributed by atoms with E-state index in [0.717, 1.165) is 0 Å². The molecule has 6 heteroatoms. The zero-order valence-corrected chi connectivity index (χ0v) is 14.7. The maximum Gasteiger partial charge on any atom is 0.263 e. The van der Waals surface area contributed by atoms with Gasteiger partial charge in [-0.15, -0.1) is 0 Å². The van der Waals surface area contributed by atoms with E-state index in [1.807, 2.05) is 13.8 Å². The van der Waals surface area contributed by atoms with Gasteiger partial charge >= 0.3 is 0 Å². The predicted molar refractivity (Wildman–Crippen MR) is 98.4 cm³/mol. The third-order valence-corrected chi connectivity index (χ3v) is 3.92. The fraction of sp³-hybridized carbons (Fsp3) is 0.200. The Morgan fingerprint density at radius 1 is 1.15 bits per heavy atom. The van der Waals surface area contributed by atoms with E-state index in [1.54, 1.807) is 36.4 Å². The molecule has 0 atom stereocenters. The SMILES string of the molecule is COc1ccc(OC(C)C)c(C(=O)c2c(O)c3ccccc3[nH]c2=O)c1. The second kappa shape index (κ2) is 6.92. The van der Waals surface area contributed by atoms with Gasteiger partial charge in [0, 0.05) is 5.39 Å². The number of benzene rings is 2. The molecule has 0 unspecified atom stereocenters. The summed E-state index contributed by atoms with van der Waals surface area (Å²) < 4.78 is 10.9. The molecule has 2 N–H and O–H groups in total. The van der Waals surface area contributed by atoms with Gasteiger partial charge in [0.2, 0.25) is 5.78 Å². The number of pyridine rings is 1. The average Bonchev–Trinajstić information content (AvgIpc) is 2.61. The van der Waals surface area contributed by atoms with E-state index >= 15 is 0 Å². The first kappa shape index (κ1) is 17.5. The first-order chi connectivity index (χ1) is 12.4. The summed E-state index contributed by atoms with van der Waals surface area (Å²) in [6.45, 7) is 3.66. The van der Waals surface area contributed by atoms with Crippen LogP contribution in [0.1, 0.15) is 29.8 Å². The Hall–Kier alpha value is -3.28. The number of ether oxygens (including phenoxy) is 2. The monoisotopic (exact) mass is 353 g/mol. The van der Waals surface area contributed by atoms with Crippen LogP contribution in [0.25, 0.3) is 10.9 Å². The van der Waals surface area contributed by atoms with Crippen molar-refractivity contribution in [3.63, 3.8) is 0 Å². The van der Waals surface area contributed by atoms with Crippen molar-refractivity contribution in [3.05, 3.63) is 63.9 Å². The summed E-state index contributed by atoms with van der Waals surface area (Å²) in [5, 5.41) is 10.9. The first-order valence-corrected chi connectivity index (χ1v) is 8.15. The minimum atomic E-state index is -0.662. The highest BCUT2D eigenvalue weighted by Gasteiger charge is 2.24. The van der Waals surface area contributed by atoms with Crippen molar-refractivity contribution in [3.8, 4) is 17.2 Å². The summed E-state index contributed by atoms with van der Waals surface area (Å²) in [5.74, 6) is -0.226. The van der Waals surface area contributed by atoms with Crippen molar-refractivity contribution in [1.29, 1.82) is 0 Å². The highest BCUT2D eigenvalue weighted by Crippen LogP contribution is 2.31. The number of para-hydroxylation sites is 1. The fourth-order valence-corrected chi connectivity index (χ4v) is 2.74. The van der Waals surface area contributed by atoms with Gasteiger partial charge in [-0.2, -0.15) is 0 Å². The summed E-state index contributed by atoms with van der Waals surface area (Å²) in [6, 6.07) is 11.5. The van der Waals surface area contributed by atoms with Gasteiger partial charge in [-0.3, -0.25) is 9.59 Å². The number of carbonyl (C=O) groups excluding carboxylic acids is 1. The lowest BCUT2D eigenvalue weighted by molar-refractivity contribution is 0.102. The van der Waals surface area contributed by atoms with E-state index in [2.05, 4.69) is 4.98 Å². The van der Waals surface area contributed by atoms with Gasteiger partial charge < -0.3 is 19.6 Å². The summed E-state index contributed by atoms with van der Waals surface area (Å²) in [6.07, 6.45) is -0.168. The lowest BCUT2D eigenvalue weighted by Crippen LogP contribution is -2.20. The molecular weight excluding hydrogens is 334 g/mol. The number of hydrogen-bond acceptors (Lipinski definition) is 5. The maximum absolute atomic E-state index is 13.1. The van der Waals surface area contributed by atoms with Crippen LogP contribution in [0.15, 0.2) is 47.3 Å². The largest absolute Gasteiger partial charge is 0.506 e. The average molecular weight is 353 g/mol. The number of methoxy groups -OCH3 is 1. The summed E-state index contributed by atoms with van der Waals surface area (Å²) in [7, 11) is 1.48. The van der Waals surface area contributed by atoms with Crippen molar-refractivity contribution in [2.75, 3.05) is 7.11 Å². The van der Waals surface area contributed by atoms with Crippen LogP contribution in [-0.2, 0) is 0 Å². The number of ketones is 1. The van der Waals surface area contributed by atoms with Crippen LogP contribution >= 0.6 is 0 Å². The number of carbonyl (C=O) groups is 1. The molecule has 2 aromatic carbocycles. The number of H-pyrrole nitrogens is 1. The maximum atomic E-state index is 13.1. The minimum Gasteiger partial charge on any atom is -0.506 e. The Labute approximate surface area is 150 Å². The van der Waals surface area contributed by atoms with Crippen molar-refractivity contribution in [1.82, 2.24) is 4.98 Å². The molecule has 0 saturated heterocycles. The molecule has 1 heterocycles. The molecule has 0 spiro atoms. The topological polar surface area (TPSA) is 88.6 Å². The standard InChI is InChI=1S/C20H19NO5/c1-11(2)26-16-9-8-12(25-3)10-14(16)19(23)17-18(22)13-6-4-5-7-15(13)21-20(17)24/h4-11H,1-3H3,(H2,21,22,24). The van der Waals surface area contributed by atoms with Crippen molar-refractivity contribution < 1.29 is 19.4 Å². The second-order valence-electron chi connectivity index (χ2n) is 6.08. The molecule has 134 valence electrons. The van der Waals surface area contributed by atoms with Crippen LogP contribution in [0.5, 0.6) is 17.2 Å². The molecule has 0 aliphatic rings. The Balaban J connectivity index is 2.21. The number of hydrogen-bond donors (Lipinski definition) is 2. The third kappa shape index (κ3) is 3.13. The molecule has 3 aromatic rings. The molecule has 6 nitrogen and oxygen atoms in total. The van der Waals surface area contributed by atoms with E-state index in [4.69, 9.17) is 9.47 Å². The quantitative estimate of drug-likeness (QED) is 0.687. The van der Waals surface area contributed by atoms with Crippen molar-refractivity contribution >= 4 is 16.7 Å². The number of fused-ring (bicyclic) bond motifs is 1. The first-order valence-electron chi connectivity index (χ1n) is 8.15. The number of rotatable bonds is 5. The van der Waals surface area contributed by atoms with Crippen molar-refractivity contribution in [2.24, 2.45) is 0 Å². The van der Waals surface area contributed by atoms with E-state index in [1.165, 1.54) is 13.2 Å². The Bertz CT molecular complexity index is 1040. The Kier molecular flexibility index (Phi) is 4.67. The van der Waals surface area contributed by atoms with Crippen LogP contribution in [0.2, 0.25) is 0 Å². The van der Waals surface area contributed by atoms with Crippen molar-refractivity contribution in [2.45, 2.75) is 20.0 Å². The fourth-order valence-electron chi connectivity index (χ4n) is 2.74. The van der Waals surface area contributed by atoms with Gasteiger partial charge in [0.25, 0.3) is 5.56 Å². The Morgan fingerprint density at radius 2 is 1.88 bits per heavy atom. The number of aromatic nitrogens is 1. The van der Waals surface area contributed by atoms with Gasteiger partial charge in [-0.25, -0.2) is 0 Å². The molecule has 0 bridgehead atoms. The molecule has 0 aliphatic carbocycles. The van der Waals surface area contributed by atoms with E-state index in [0.29, 0.717) is 22.4 Å². The smallest absolute Gasteiger partial charge is 0.263 e. The number of aromatic hydroxyl groups is 1. The van der Waals surface area contributed by atoms with Crippen LogP contribution in [0.3, 0.4) is 0 Å².